The lowest BCUT2D eigenvalue weighted by Gasteiger charge is -2.07. The summed E-state index contributed by atoms with van der Waals surface area (Å²) in [7, 11) is 0. The lowest BCUT2D eigenvalue weighted by Crippen LogP contribution is -2.08. The topological polar surface area (TPSA) is 100 Å². The summed E-state index contributed by atoms with van der Waals surface area (Å²) in [5.74, 6) is 0.735. The minimum Gasteiger partial charge on any atom is -0.491 e. The van der Waals surface area contributed by atoms with Crippen molar-refractivity contribution < 1.29 is 49.5 Å². The molecule has 0 radical (unpaired) electrons. The van der Waals surface area contributed by atoms with Gasteiger partial charge < -0.3 is 9.53 Å². The summed E-state index contributed by atoms with van der Waals surface area (Å²) in [5, 5.41) is 23.4. The summed E-state index contributed by atoms with van der Waals surface area (Å²) < 4.78 is 5.50. The molecule has 0 spiro atoms. The third-order valence-corrected chi connectivity index (χ3v) is 3.80. The number of carbonyl (C=O) groups is 1. The lowest BCUT2D eigenvalue weighted by atomic mass is 10.0. The molecule has 0 bridgehead atoms. The summed E-state index contributed by atoms with van der Waals surface area (Å²) in [5.41, 5.74) is 1.30. The van der Waals surface area contributed by atoms with Crippen LogP contribution in [0.1, 0.15) is 57.4 Å². The van der Waals surface area contributed by atoms with Crippen LogP contribution in [0.25, 0.3) is 0 Å². The average molecular weight is 418 g/mol. The molecule has 0 atom stereocenters. The molecule has 10 heteroatoms. The zero-order valence-corrected chi connectivity index (χ0v) is 16.7. The van der Waals surface area contributed by atoms with E-state index >= 15 is 0 Å². The molecule has 10 nitrogen and oxygen atoms in total. The van der Waals surface area contributed by atoms with Crippen LogP contribution in [0.2, 0.25) is 0 Å². The van der Waals surface area contributed by atoms with E-state index in [0.29, 0.717) is 6.29 Å². The predicted octanol–water partition coefficient (Wildman–Crippen LogP) is 4.10. The third-order valence-electron chi connectivity index (χ3n) is 3.80. The van der Waals surface area contributed by atoms with Crippen molar-refractivity contribution in [1.29, 1.82) is 0 Å². The summed E-state index contributed by atoms with van der Waals surface area (Å²) in [6.07, 6.45) is 10.7. The first-order valence-corrected chi connectivity index (χ1v) is 9.76. The van der Waals surface area contributed by atoms with Crippen LogP contribution in [0.15, 0.2) is 24.3 Å². The van der Waals surface area contributed by atoms with Gasteiger partial charge >= 0.3 is 0 Å². The summed E-state index contributed by atoms with van der Waals surface area (Å²) in [6, 6.07) is 7.99. The zero-order chi connectivity index (χ0) is 20.8. The van der Waals surface area contributed by atoms with Gasteiger partial charge in [0.05, 0.1) is 0 Å². The number of unbranched alkanes of at least 4 members (excludes halogenated alkanes) is 6. The molecule has 1 rings (SSSR count). The molecule has 0 unspecified atom stereocenters. The van der Waals surface area contributed by atoms with Crippen molar-refractivity contribution in [3.8, 4) is 5.75 Å². The Morgan fingerprint density at radius 3 is 2.03 bits per heavy atom. The van der Waals surface area contributed by atoms with E-state index in [1.807, 2.05) is 12.1 Å². The molecule has 0 amide bonds. The minimum atomic E-state index is -0.342. The van der Waals surface area contributed by atoms with E-state index < -0.39 is 0 Å². The molecule has 0 heterocycles. The number of aldehydes is 1. The van der Waals surface area contributed by atoms with E-state index in [1.165, 1.54) is 50.5 Å². The quantitative estimate of drug-likeness (QED) is 0.126. The first-order chi connectivity index (χ1) is 14.4. The van der Waals surface area contributed by atoms with Crippen molar-refractivity contribution in [2.75, 3.05) is 19.8 Å². The highest BCUT2D eigenvalue weighted by Gasteiger charge is 1.99. The Balaban J connectivity index is 1.92. The fourth-order valence-electron chi connectivity index (χ4n) is 2.41. The summed E-state index contributed by atoms with van der Waals surface area (Å²) >= 11 is 0. The van der Waals surface area contributed by atoms with Gasteiger partial charge in [-0.3, -0.25) is 0 Å². The van der Waals surface area contributed by atoms with E-state index in [9.17, 15) is 4.79 Å². The molecule has 0 aromatic heterocycles. The average Bonchev–Trinajstić information content (AvgIpc) is 2.75. The minimum absolute atomic E-state index is 0.0724. The number of aryl methyl sites for hydroxylation is 1. The molecule has 0 saturated heterocycles. The second-order valence-corrected chi connectivity index (χ2v) is 6.05. The van der Waals surface area contributed by atoms with Gasteiger partial charge in [0.15, 0.2) is 0 Å². The molecule has 1 aromatic rings. The number of carbonyl (C=O) groups excluding carboxylic acids is 1. The van der Waals surface area contributed by atoms with Crippen LogP contribution in [0.3, 0.4) is 0 Å². The van der Waals surface area contributed by atoms with Gasteiger partial charge in [0.2, 0.25) is 0 Å². The Kier molecular flexibility index (Phi) is 17.2. The highest BCUT2D eigenvalue weighted by atomic mass is 17.9. The summed E-state index contributed by atoms with van der Waals surface area (Å²) in [4.78, 5) is 18.5. The smallest absolute Gasteiger partial charge is 0.149 e. The fourth-order valence-corrected chi connectivity index (χ4v) is 2.41. The van der Waals surface area contributed by atoms with Crippen molar-refractivity contribution in [3.05, 3.63) is 29.8 Å². The number of rotatable bonds is 21. The van der Waals surface area contributed by atoms with E-state index in [4.69, 9.17) is 4.74 Å². The van der Waals surface area contributed by atoms with Crippen LogP contribution >= 0.6 is 0 Å². The molecule has 0 aliphatic heterocycles. The van der Waals surface area contributed by atoms with Gasteiger partial charge in [-0.05, 0) is 60.8 Å². The van der Waals surface area contributed by atoms with E-state index in [-0.39, 0.29) is 19.8 Å². The first kappa shape index (κ1) is 25.4. The van der Waals surface area contributed by atoms with Crippen molar-refractivity contribution in [2.24, 2.45) is 0 Å². The van der Waals surface area contributed by atoms with Crippen LogP contribution in [0.4, 0.5) is 0 Å². The van der Waals surface area contributed by atoms with Gasteiger partial charge in [-0.1, -0.05) is 57.6 Å². The Bertz CT molecular complexity index is 482. The molecular formula is C19H30O10. The second-order valence-electron chi connectivity index (χ2n) is 6.05. The van der Waals surface area contributed by atoms with Gasteiger partial charge in [-0.15, -0.1) is 0 Å². The molecule has 1 aromatic carbocycles. The van der Waals surface area contributed by atoms with Crippen LogP contribution in [0.5, 0.6) is 5.75 Å². The SMILES string of the molecule is CCCCCCCCCc1ccc(OCCOOOOOOOOCC=O)cc1. The molecule has 166 valence electrons. The van der Waals surface area contributed by atoms with Gasteiger partial charge in [-0.2, -0.15) is 4.89 Å². The highest BCUT2D eigenvalue weighted by Crippen LogP contribution is 2.15. The van der Waals surface area contributed by atoms with E-state index in [0.717, 1.165) is 12.2 Å². The third kappa shape index (κ3) is 15.9. The predicted molar refractivity (Wildman–Crippen MR) is 98.1 cm³/mol. The van der Waals surface area contributed by atoms with E-state index in [1.54, 1.807) is 0 Å². The van der Waals surface area contributed by atoms with Crippen LogP contribution < -0.4 is 4.74 Å². The molecular weight excluding hydrogens is 388 g/mol. The van der Waals surface area contributed by atoms with Crippen molar-refractivity contribution in [2.45, 2.75) is 58.3 Å². The van der Waals surface area contributed by atoms with Crippen LogP contribution in [-0.4, -0.2) is 26.1 Å². The van der Waals surface area contributed by atoms with Crippen molar-refractivity contribution >= 4 is 6.29 Å². The fraction of sp³-hybridized carbons (Fsp3) is 0.632. The Labute approximate surface area is 170 Å². The Morgan fingerprint density at radius 2 is 1.34 bits per heavy atom. The maximum Gasteiger partial charge on any atom is 0.149 e. The maximum atomic E-state index is 9.85. The summed E-state index contributed by atoms with van der Waals surface area (Å²) in [6.45, 7) is 2.20. The molecule has 29 heavy (non-hydrogen) atoms. The molecule has 0 N–H and O–H groups in total. The van der Waals surface area contributed by atoms with Crippen molar-refractivity contribution in [3.63, 3.8) is 0 Å². The lowest BCUT2D eigenvalue weighted by molar-refractivity contribution is -0.813. The van der Waals surface area contributed by atoms with Gasteiger partial charge in [-0.25, -0.2) is 4.89 Å². The van der Waals surface area contributed by atoms with E-state index in [2.05, 4.69) is 59.1 Å². The number of benzene rings is 1. The van der Waals surface area contributed by atoms with Gasteiger partial charge in [0, 0.05) is 0 Å². The van der Waals surface area contributed by atoms with Gasteiger partial charge in [0.1, 0.15) is 31.9 Å². The number of hydrogen-bond acceptors (Lipinski definition) is 10. The van der Waals surface area contributed by atoms with Gasteiger partial charge in [0.25, 0.3) is 0 Å². The first-order valence-electron chi connectivity index (χ1n) is 9.76. The number of hydrogen-bond donors (Lipinski definition) is 0. The highest BCUT2D eigenvalue weighted by molar-refractivity contribution is 5.50. The van der Waals surface area contributed by atoms with Crippen LogP contribution in [0, 0.1) is 0 Å². The largest absolute Gasteiger partial charge is 0.491 e. The Morgan fingerprint density at radius 1 is 0.724 bits per heavy atom. The normalized spacial score (nSPS) is 10.9. The molecule has 0 fully saturated rings. The molecule has 0 saturated carbocycles. The number of ether oxygens (including phenoxy) is 1. The van der Waals surface area contributed by atoms with Crippen molar-refractivity contribution in [1.82, 2.24) is 0 Å². The second kappa shape index (κ2) is 19.7. The monoisotopic (exact) mass is 418 g/mol. The Hall–Kier alpha value is -1.63. The van der Waals surface area contributed by atoms with Crippen LogP contribution in [-0.2, 0) is 51.2 Å². The molecule has 0 aliphatic carbocycles. The maximum absolute atomic E-state index is 9.85. The standard InChI is InChI=1S/C19H30O10/c1-2-3-4-5-6-7-8-9-18-10-12-19(13-11-18)21-16-17-23-25-27-29-28-26-24-22-15-14-20/h10-14H,2-9,15-17H2,1H3. The molecule has 0 aliphatic rings. The zero-order valence-electron chi connectivity index (χ0n) is 16.7.